The maximum atomic E-state index is 13.6. The van der Waals surface area contributed by atoms with E-state index in [4.69, 9.17) is 55.9 Å². The van der Waals surface area contributed by atoms with Gasteiger partial charge in [0.25, 0.3) is 0 Å². The minimum absolute atomic E-state index is 0.0108. The van der Waals surface area contributed by atoms with Crippen molar-refractivity contribution in [3.05, 3.63) is 68.4 Å². The Labute approximate surface area is 153 Å². The Morgan fingerprint density at radius 3 is 2.30 bits per heavy atom. The van der Waals surface area contributed by atoms with Gasteiger partial charge < -0.3 is 9.47 Å². The van der Waals surface area contributed by atoms with Gasteiger partial charge >= 0.3 is 0 Å². The number of hydrogen-bond donors (Lipinski definition) is 0. The Bertz CT molecular complexity index is 692. The summed E-state index contributed by atoms with van der Waals surface area (Å²) in [7, 11) is 0. The van der Waals surface area contributed by atoms with Gasteiger partial charge in [0.2, 0.25) is 0 Å². The summed E-state index contributed by atoms with van der Waals surface area (Å²) >= 11 is 23.2. The summed E-state index contributed by atoms with van der Waals surface area (Å²) in [5.74, 6) is 0.336. The summed E-state index contributed by atoms with van der Waals surface area (Å²) < 4.78 is 24.6. The average Bonchev–Trinajstić information content (AvgIpc) is 2.48. The van der Waals surface area contributed by atoms with E-state index in [0.29, 0.717) is 11.3 Å². The Hall–Kier alpha value is -1.13. The lowest BCUT2D eigenvalue weighted by atomic mass is 10.2. The second-order valence-corrected chi connectivity index (χ2v) is 6.22. The van der Waals surface area contributed by atoms with Gasteiger partial charge in [0.05, 0.1) is 10.0 Å². The van der Waals surface area contributed by atoms with Crippen molar-refractivity contribution >= 4 is 46.4 Å². The van der Waals surface area contributed by atoms with E-state index >= 15 is 0 Å². The Kier molecular flexibility index (Phi) is 6.85. The average molecular weight is 396 g/mol. The summed E-state index contributed by atoms with van der Waals surface area (Å²) in [4.78, 5) is 0. The summed E-state index contributed by atoms with van der Waals surface area (Å²) in [5.41, 5.74) is 0.404. The molecule has 0 bridgehead atoms. The van der Waals surface area contributed by atoms with Crippen molar-refractivity contribution in [2.45, 2.75) is 6.61 Å². The predicted molar refractivity (Wildman–Crippen MR) is 92.5 cm³/mol. The molecular weight excluding hydrogens is 385 g/mol. The molecule has 0 aromatic heterocycles. The van der Waals surface area contributed by atoms with Crippen LogP contribution in [0.5, 0.6) is 11.5 Å². The van der Waals surface area contributed by atoms with E-state index in [9.17, 15) is 4.39 Å². The second-order valence-electron chi connectivity index (χ2n) is 4.40. The molecule has 0 radical (unpaired) electrons. The molecule has 2 nitrogen and oxygen atoms in total. The molecule has 2 aromatic rings. The fraction of sp³-hybridized carbons (Fsp3) is 0.125. The zero-order valence-corrected chi connectivity index (χ0v) is 14.7. The summed E-state index contributed by atoms with van der Waals surface area (Å²) in [5, 5.41) is 0.509. The molecule has 0 unspecified atom stereocenters. The maximum Gasteiger partial charge on any atom is 0.157 e. The molecule has 2 aromatic carbocycles. The van der Waals surface area contributed by atoms with Gasteiger partial charge in [-0.05, 0) is 12.1 Å². The minimum atomic E-state index is -0.357. The van der Waals surface area contributed by atoms with Crippen LogP contribution in [0.25, 0.3) is 0 Å². The first kappa shape index (κ1) is 18.2. The Morgan fingerprint density at radius 1 is 1.04 bits per heavy atom. The summed E-state index contributed by atoms with van der Waals surface area (Å²) in [6.45, 7) is 0.182. The van der Waals surface area contributed by atoms with Gasteiger partial charge in [-0.15, -0.1) is 0 Å². The van der Waals surface area contributed by atoms with Crippen LogP contribution < -0.4 is 9.47 Å². The lowest BCUT2D eigenvalue weighted by Crippen LogP contribution is -2.00. The fourth-order valence-corrected chi connectivity index (χ4v) is 2.43. The molecule has 7 heteroatoms. The van der Waals surface area contributed by atoms with Crippen molar-refractivity contribution in [3.63, 3.8) is 0 Å². The Morgan fingerprint density at radius 2 is 1.70 bits per heavy atom. The van der Waals surface area contributed by atoms with Gasteiger partial charge in [0.15, 0.2) is 5.75 Å². The van der Waals surface area contributed by atoms with E-state index in [1.165, 1.54) is 12.1 Å². The van der Waals surface area contributed by atoms with Crippen molar-refractivity contribution in [2.24, 2.45) is 0 Å². The minimum Gasteiger partial charge on any atom is -0.489 e. The van der Waals surface area contributed by atoms with E-state index in [1.54, 1.807) is 30.3 Å². The highest BCUT2D eigenvalue weighted by atomic mass is 35.5. The third-order valence-corrected chi connectivity index (χ3v) is 3.66. The smallest absolute Gasteiger partial charge is 0.157 e. The molecule has 0 atom stereocenters. The molecule has 122 valence electrons. The van der Waals surface area contributed by atoms with Crippen LogP contribution in [0, 0.1) is 5.82 Å². The highest BCUT2D eigenvalue weighted by molar-refractivity contribution is 6.55. The fourth-order valence-electron chi connectivity index (χ4n) is 1.72. The zero-order valence-electron chi connectivity index (χ0n) is 11.7. The highest BCUT2D eigenvalue weighted by Crippen LogP contribution is 2.37. The third kappa shape index (κ3) is 5.47. The van der Waals surface area contributed by atoms with E-state index in [-0.39, 0.29) is 39.3 Å². The van der Waals surface area contributed by atoms with Gasteiger partial charge in [-0.25, -0.2) is 4.39 Å². The molecule has 0 aliphatic carbocycles. The van der Waals surface area contributed by atoms with Crippen molar-refractivity contribution in [1.82, 2.24) is 0 Å². The quantitative estimate of drug-likeness (QED) is 0.562. The van der Waals surface area contributed by atoms with E-state index in [1.807, 2.05) is 0 Å². The summed E-state index contributed by atoms with van der Waals surface area (Å²) in [6, 6.07) is 9.38. The second kappa shape index (κ2) is 8.65. The molecule has 0 aliphatic heterocycles. The molecule has 2 rings (SSSR count). The maximum absolute atomic E-state index is 13.6. The van der Waals surface area contributed by atoms with Crippen LogP contribution >= 0.6 is 46.4 Å². The monoisotopic (exact) mass is 394 g/mol. The van der Waals surface area contributed by atoms with Gasteiger partial charge in [-0.2, -0.15) is 0 Å². The Balaban J connectivity index is 2.08. The van der Waals surface area contributed by atoms with Crippen molar-refractivity contribution in [2.75, 3.05) is 6.61 Å². The molecule has 0 fully saturated rings. The molecule has 0 heterocycles. The van der Waals surface area contributed by atoms with Crippen LogP contribution in [0.15, 0.2) is 47.0 Å². The predicted octanol–water partition coefficient (Wildman–Crippen LogP) is 6.41. The zero-order chi connectivity index (χ0) is 16.8. The van der Waals surface area contributed by atoms with Crippen LogP contribution in [0.4, 0.5) is 4.39 Å². The molecule has 0 saturated heterocycles. The number of rotatable bonds is 6. The van der Waals surface area contributed by atoms with Crippen LogP contribution in [-0.4, -0.2) is 6.61 Å². The van der Waals surface area contributed by atoms with E-state index in [2.05, 4.69) is 0 Å². The first-order chi connectivity index (χ1) is 11.0. The van der Waals surface area contributed by atoms with Crippen molar-refractivity contribution in [1.29, 1.82) is 0 Å². The number of ether oxygens (including phenoxy) is 2. The lowest BCUT2D eigenvalue weighted by Gasteiger charge is -2.12. The van der Waals surface area contributed by atoms with Crippen LogP contribution in [0.3, 0.4) is 0 Å². The molecule has 0 amide bonds. The SMILES string of the molecule is Fc1ccccc1COc1c(Cl)cc(OCC=C(Cl)Cl)cc1Cl. The van der Waals surface area contributed by atoms with E-state index < -0.39 is 0 Å². The van der Waals surface area contributed by atoms with Crippen LogP contribution in [0.1, 0.15) is 5.56 Å². The van der Waals surface area contributed by atoms with Crippen molar-refractivity contribution < 1.29 is 13.9 Å². The highest BCUT2D eigenvalue weighted by Gasteiger charge is 2.12. The summed E-state index contributed by atoms with van der Waals surface area (Å²) in [6.07, 6.45) is 1.48. The molecule has 0 spiro atoms. The molecule has 0 aliphatic rings. The van der Waals surface area contributed by atoms with E-state index in [0.717, 1.165) is 0 Å². The molecular formula is C16H11Cl4FO2. The van der Waals surface area contributed by atoms with Gasteiger partial charge in [0, 0.05) is 17.7 Å². The number of halogens is 5. The van der Waals surface area contributed by atoms with Gasteiger partial charge in [-0.3, -0.25) is 0 Å². The topological polar surface area (TPSA) is 18.5 Å². The van der Waals surface area contributed by atoms with Gasteiger partial charge in [-0.1, -0.05) is 64.6 Å². The van der Waals surface area contributed by atoms with Crippen LogP contribution in [-0.2, 0) is 6.61 Å². The first-order valence-corrected chi connectivity index (χ1v) is 7.97. The van der Waals surface area contributed by atoms with Gasteiger partial charge in [0.1, 0.15) is 29.3 Å². The molecule has 23 heavy (non-hydrogen) atoms. The first-order valence-electron chi connectivity index (χ1n) is 6.46. The number of hydrogen-bond acceptors (Lipinski definition) is 2. The largest absolute Gasteiger partial charge is 0.489 e. The molecule has 0 saturated carbocycles. The normalized spacial score (nSPS) is 10.3. The van der Waals surface area contributed by atoms with Crippen LogP contribution in [0.2, 0.25) is 10.0 Å². The lowest BCUT2D eigenvalue weighted by molar-refractivity contribution is 0.299. The standard InChI is InChI=1S/C16H11Cl4FO2/c17-12-7-11(22-6-5-15(19)20)8-13(18)16(12)23-9-10-3-1-2-4-14(10)21/h1-5,7-8H,6,9H2. The third-order valence-electron chi connectivity index (χ3n) is 2.79. The number of benzene rings is 2. The molecule has 0 N–H and O–H groups in total. The van der Waals surface area contributed by atoms with Crippen molar-refractivity contribution in [3.8, 4) is 11.5 Å².